The quantitative estimate of drug-likeness (QED) is 0.189. The molecule has 0 spiro atoms. The van der Waals surface area contributed by atoms with E-state index in [1.807, 2.05) is 18.2 Å². The fourth-order valence-corrected chi connectivity index (χ4v) is 22.7. The van der Waals surface area contributed by atoms with Gasteiger partial charge < -0.3 is 0 Å². The first kappa shape index (κ1) is 42.1. The van der Waals surface area contributed by atoms with Gasteiger partial charge in [0.1, 0.15) is 0 Å². The van der Waals surface area contributed by atoms with Gasteiger partial charge >= 0.3 is 65.9 Å². The van der Waals surface area contributed by atoms with Crippen LogP contribution < -0.4 is 0 Å². The summed E-state index contributed by atoms with van der Waals surface area (Å²) in [6.45, 7) is 0. The van der Waals surface area contributed by atoms with Crippen LogP contribution in [0.5, 0.6) is 0 Å². The second kappa shape index (κ2) is 25.4. The third kappa shape index (κ3) is 14.3. The van der Waals surface area contributed by atoms with Crippen molar-refractivity contribution in [1.29, 1.82) is 0 Å². The van der Waals surface area contributed by atoms with Gasteiger partial charge in [0.15, 0.2) is 0 Å². The van der Waals surface area contributed by atoms with Crippen LogP contribution in [0.15, 0.2) is 30.3 Å². The molecule has 0 nitrogen and oxygen atoms in total. The van der Waals surface area contributed by atoms with E-state index in [1.54, 1.807) is 193 Å². The number of rotatable bonds is 7. The molecule has 1 aromatic carbocycles. The van der Waals surface area contributed by atoms with Crippen LogP contribution in [0, 0.1) is 0 Å². The first-order chi connectivity index (χ1) is 23.3. The third-order valence-electron chi connectivity index (χ3n) is 13.4. The molecule has 6 aliphatic carbocycles. The van der Waals surface area contributed by atoms with Crippen molar-refractivity contribution in [3.05, 3.63) is 35.9 Å². The van der Waals surface area contributed by atoms with E-state index >= 15 is 0 Å². The fourth-order valence-electron chi connectivity index (χ4n) is 11.2. The van der Waals surface area contributed by atoms with Crippen LogP contribution in [-0.4, -0.2) is 38.6 Å². The minimum absolute atomic E-state index is 0. The molecule has 1 radical (unpaired) electrons. The number of hydrogen-bond acceptors (Lipinski definition) is 0. The summed E-state index contributed by atoms with van der Waals surface area (Å²) < 4.78 is 2.06. The Labute approximate surface area is 323 Å². The second-order valence-corrected chi connectivity index (χ2v) is 25.3. The van der Waals surface area contributed by atoms with E-state index in [2.05, 4.69) is 16.7 Å². The second-order valence-electron chi connectivity index (χ2n) is 16.6. The molecule has 6 aliphatic rings. The summed E-state index contributed by atoms with van der Waals surface area (Å²) in [6.07, 6.45) is 47.6. The van der Waals surface area contributed by atoms with Crippen LogP contribution in [0.4, 0.5) is 0 Å². The largest absolute Gasteiger partial charge is 0 e. The monoisotopic (exact) mass is 852 g/mol. The van der Waals surface area contributed by atoms with Gasteiger partial charge in [0.25, 0.3) is 0 Å². The van der Waals surface area contributed by atoms with Gasteiger partial charge in [0, 0.05) is 32.9 Å². The first-order valence-electron chi connectivity index (χ1n) is 21.2. The zero-order valence-corrected chi connectivity index (χ0v) is 36.1. The summed E-state index contributed by atoms with van der Waals surface area (Å²) in [6, 6.07) is 10.1. The van der Waals surface area contributed by atoms with Gasteiger partial charge in [-0.15, -0.1) is 0 Å². The summed E-state index contributed by atoms with van der Waals surface area (Å²) >= 11 is -0.0765. The maximum absolute atomic E-state index is 5.57. The Kier molecular flexibility index (Phi) is 22.3. The molecule has 6 saturated carbocycles. The molecule has 0 heterocycles. The first-order valence-corrected chi connectivity index (χ1v) is 27.9. The van der Waals surface area contributed by atoms with Crippen LogP contribution in [-0.2, 0) is 32.8 Å². The van der Waals surface area contributed by atoms with Crippen molar-refractivity contribution < 1.29 is 32.8 Å². The molecule has 7 rings (SSSR count). The van der Waals surface area contributed by atoms with E-state index in [9.17, 15) is 0 Å². The van der Waals surface area contributed by atoms with Crippen molar-refractivity contribution in [2.75, 3.05) is 0 Å². The van der Waals surface area contributed by atoms with Gasteiger partial charge in [0.05, 0.1) is 34.0 Å². The maximum Gasteiger partial charge on any atom is 0 e. The Morgan fingerprint density at radius 1 is 0.396 bits per heavy atom. The smallest absolute Gasteiger partial charge is 0 e. The molecular weight excluding hydrogens is 778 g/mol. The van der Waals surface area contributed by atoms with Crippen LogP contribution in [0.1, 0.15) is 198 Å². The van der Waals surface area contributed by atoms with Crippen molar-refractivity contribution in [2.45, 2.75) is 227 Å². The van der Waals surface area contributed by atoms with Gasteiger partial charge in [-0.2, -0.15) is 0 Å². The van der Waals surface area contributed by atoms with Crippen LogP contribution in [0.25, 0.3) is 0 Å². The minimum Gasteiger partial charge on any atom is 0 e. The Bertz CT molecular complexity index is 801. The molecule has 1 aromatic rings. The molecule has 0 bridgehead atoms. The molecule has 0 aliphatic heterocycles. The van der Waals surface area contributed by atoms with Crippen molar-refractivity contribution in [2.24, 2.45) is 0 Å². The third-order valence-corrected chi connectivity index (χ3v) is 23.8. The predicted molar refractivity (Wildman–Crippen MR) is 215 cm³/mol. The van der Waals surface area contributed by atoms with Crippen molar-refractivity contribution in [3.8, 4) is 0 Å². The summed E-state index contributed by atoms with van der Waals surface area (Å²) in [5, 5.41) is 0. The van der Waals surface area contributed by atoms with Gasteiger partial charge in [-0.05, 0) is 154 Å². The Hall–Kier alpha value is 1.38. The minimum atomic E-state index is -0.0765. The van der Waals surface area contributed by atoms with Gasteiger partial charge in [-0.3, -0.25) is 0 Å². The molecule has 5 heteroatoms. The molecular formula is C43H74ClCuP2Ru+2. The Balaban J connectivity index is 0.000000171. The van der Waals surface area contributed by atoms with Gasteiger partial charge in [-0.1, -0.05) is 38.5 Å². The summed E-state index contributed by atoms with van der Waals surface area (Å²) in [7, 11) is 5.48. The number of halogens is 1. The molecule has 0 aromatic heterocycles. The van der Waals surface area contributed by atoms with Gasteiger partial charge in [-0.25, -0.2) is 0 Å². The topological polar surface area (TPSA) is 0 Å². The standard InChI is InChI=1S/2C18H33P.C7H6.ClH.Cu.Ru/c2*1-4-10-16(11-5-1)19(17-12-6-2-7-13-17)18-14-8-3-9-15-18;1-7-5-3-2-4-6-7;;;/h2*16-18H,1-15H2;1-6H;1H;;/q;;;;;+1/p+1. The van der Waals surface area contributed by atoms with E-state index in [0.717, 1.165) is 0 Å². The Morgan fingerprint density at radius 2 is 0.625 bits per heavy atom. The molecule has 280 valence electrons. The normalized spacial score (nSPS) is 25.0. The van der Waals surface area contributed by atoms with Crippen LogP contribution >= 0.6 is 25.5 Å². The molecule has 0 N–H and O–H groups in total. The maximum atomic E-state index is 5.57. The van der Waals surface area contributed by atoms with Crippen LogP contribution in [0.2, 0.25) is 0 Å². The van der Waals surface area contributed by atoms with E-state index in [-0.39, 0.29) is 48.6 Å². The molecule has 0 amide bonds. The fraction of sp³-hybridized carbons (Fsp3) is 0.837. The molecule has 0 unspecified atom stereocenters. The molecule has 0 atom stereocenters. The summed E-state index contributed by atoms with van der Waals surface area (Å²) in [5.74, 6) is 0. The van der Waals surface area contributed by atoms with E-state index < -0.39 is 0 Å². The zero-order chi connectivity index (χ0) is 32.4. The number of benzene rings is 1. The SMILES string of the molecule is C1CCC([PH+](C2CCCCC2)C2CCCCC2)CC1.C1CCC([PH+](C2CCCCC2)C2CCCCC2)CC1.[Cl][Ru]=[CH]c1ccccc1.[Cu]. The summed E-state index contributed by atoms with van der Waals surface area (Å²) in [4.78, 5) is 0. The Morgan fingerprint density at radius 3 is 0.833 bits per heavy atom. The average Bonchev–Trinajstić information content (AvgIpc) is 3.16. The molecule has 6 fully saturated rings. The van der Waals surface area contributed by atoms with Crippen molar-refractivity contribution in [3.63, 3.8) is 0 Å². The number of hydrogen-bond donors (Lipinski definition) is 0. The van der Waals surface area contributed by atoms with Crippen molar-refractivity contribution >= 4 is 30.1 Å². The van der Waals surface area contributed by atoms with E-state index in [4.69, 9.17) is 9.69 Å². The molecule has 48 heavy (non-hydrogen) atoms. The van der Waals surface area contributed by atoms with Gasteiger partial charge in [0.2, 0.25) is 0 Å². The van der Waals surface area contributed by atoms with E-state index in [1.165, 1.54) is 39.5 Å². The zero-order valence-electron chi connectivity index (χ0n) is 30.7. The molecule has 0 saturated heterocycles. The summed E-state index contributed by atoms with van der Waals surface area (Å²) in [5.41, 5.74) is 8.59. The van der Waals surface area contributed by atoms with Crippen molar-refractivity contribution in [1.82, 2.24) is 0 Å². The average molecular weight is 853 g/mol. The predicted octanol–water partition coefficient (Wildman–Crippen LogP) is 14.5. The van der Waals surface area contributed by atoms with E-state index in [0.29, 0.717) is 0 Å². The van der Waals surface area contributed by atoms with Crippen LogP contribution in [0.3, 0.4) is 0 Å².